The highest BCUT2D eigenvalue weighted by molar-refractivity contribution is 6.30. The molecule has 0 aromatic heterocycles. The fourth-order valence-electron chi connectivity index (χ4n) is 2.93. The van der Waals surface area contributed by atoms with Gasteiger partial charge in [0, 0.05) is 10.7 Å². The van der Waals surface area contributed by atoms with Gasteiger partial charge in [0.1, 0.15) is 5.75 Å². The Bertz CT molecular complexity index is 718. The van der Waals surface area contributed by atoms with Crippen molar-refractivity contribution in [3.05, 3.63) is 58.6 Å². The number of fused-ring (bicyclic) bond motifs is 1. The first-order chi connectivity index (χ1) is 11.1. The molecule has 1 aliphatic rings. The molecule has 0 spiro atoms. The number of benzene rings is 2. The number of carbonyl (C=O) groups excluding carboxylic acids is 1. The average Bonchev–Trinajstić information content (AvgIpc) is 2.53. The summed E-state index contributed by atoms with van der Waals surface area (Å²) in [6, 6.07) is 12.9. The number of nitrogen functional groups attached to an aromatic ring is 1. The number of amides is 1. The van der Waals surface area contributed by atoms with Crippen LogP contribution in [-0.4, -0.2) is 12.5 Å². The Labute approximate surface area is 140 Å². The first-order valence-corrected chi connectivity index (χ1v) is 8.05. The number of ether oxygens (including phenoxy) is 1. The van der Waals surface area contributed by atoms with Crippen molar-refractivity contribution < 1.29 is 9.53 Å². The zero-order valence-corrected chi connectivity index (χ0v) is 13.5. The van der Waals surface area contributed by atoms with Crippen LogP contribution >= 0.6 is 11.6 Å². The van der Waals surface area contributed by atoms with Crippen LogP contribution in [0.3, 0.4) is 0 Å². The smallest absolute Gasteiger partial charge is 0.258 e. The SMILES string of the molecule is Nc1ccc2c(c1)CCCC2NC(=O)COc1cccc(Cl)c1. The second-order valence-electron chi connectivity index (χ2n) is 5.72. The standard InChI is InChI=1S/C18H19ClN2O2/c19-13-4-2-5-15(10-13)23-11-18(22)21-17-6-1-3-12-9-14(20)7-8-16(12)17/h2,4-5,7-10,17H,1,3,6,11,20H2,(H,21,22). The van der Waals surface area contributed by atoms with Gasteiger partial charge in [0.05, 0.1) is 6.04 Å². The van der Waals surface area contributed by atoms with Gasteiger partial charge in [-0.15, -0.1) is 0 Å². The summed E-state index contributed by atoms with van der Waals surface area (Å²) >= 11 is 5.89. The van der Waals surface area contributed by atoms with E-state index in [2.05, 4.69) is 5.32 Å². The van der Waals surface area contributed by atoms with Crippen LogP contribution in [0.15, 0.2) is 42.5 Å². The predicted octanol–water partition coefficient (Wildman–Crippen LogP) is 3.49. The number of anilines is 1. The molecule has 0 bridgehead atoms. The molecule has 3 N–H and O–H groups in total. The number of carbonyl (C=O) groups is 1. The van der Waals surface area contributed by atoms with Crippen LogP contribution in [0, 0.1) is 0 Å². The molecule has 23 heavy (non-hydrogen) atoms. The topological polar surface area (TPSA) is 64.3 Å². The summed E-state index contributed by atoms with van der Waals surface area (Å²) in [5, 5.41) is 3.63. The van der Waals surface area contributed by atoms with Gasteiger partial charge in [-0.3, -0.25) is 4.79 Å². The third-order valence-electron chi connectivity index (χ3n) is 3.98. The number of hydrogen-bond donors (Lipinski definition) is 2. The van der Waals surface area contributed by atoms with E-state index in [1.54, 1.807) is 24.3 Å². The molecule has 0 saturated carbocycles. The molecule has 0 fully saturated rings. The molecule has 4 nitrogen and oxygen atoms in total. The molecule has 3 rings (SSSR count). The lowest BCUT2D eigenvalue weighted by Crippen LogP contribution is -2.34. The summed E-state index contributed by atoms with van der Waals surface area (Å²) in [6.07, 6.45) is 2.97. The molecule has 5 heteroatoms. The highest BCUT2D eigenvalue weighted by atomic mass is 35.5. The number of aryl methyl sites for hydroxylation is 1. The van der Waals surface area contributed by atoms with E-state index in [0.717, 1.165) is 30.5 Å². The first-order valence-electron chi connectivity index (χ1n) is 7.68. The van der Waals surface area contributed by atoms with Crippen molar-refractivity contribution in [3.8, 4) is 5.75 Å². The summed E-state index contributed by atoms with van der Waals surface area (Å²) in [4.78, 5) is 12.2. The second-order valence-corrected chi connectivity index (χ2v) is 6.15. The lowest BCUT2D eigenvalue weighted by molar-refractivity contribution is -0.123. The van der Waals surface area contributed by atoms with E-state index >= 15 is 0 Å². The fraction of sp³-hybridized carbons (Fsp3) is 0.278. The minimum Gasteiger partial charge on any atom is -0.484 e. The van der Waals surface area contributed by atoms with Crippen molar-refractivity contribution in [1.29, 1.82) is 0 Å². The van der Waals surface area contributed by atoms with E-state index in [9.17, 15) is 4.79 Å². The molecule has 2 aromatic carbocycles. The normalized spacial score (nSPS) is 16.5. The molecular formula is C18H19ClN2O2. The highest BCUT2D eigenvalue weighted by Gasteiger charge is 2.22. The monoisotopic (exact) mass is 330 g/mol. The largest absolute Gasteiger partial charge is 0.484 e. The minimum atomic E-state index is -0.139. The van der Waals surface area contributed by atoms with Gasteiger partial charge in [-0.25, -0.2) is 0 Å². The van der Waals surface area contributed by atoms with E-state index < -0.39 is 0 Å². The van der Waals surface area contributed by atoms with Crippen LogP contribution in [0.5, 0.6) is 5.75 Å². The Balaban J connectivity index is 1.61. The Hall–Kier alpha value is -2.20. The van der Waals surface area contributed by atoms with Crippen molar-refractivity contribution >= 4 is 23.2 Å². The van der Waals surface area contributed by atoms with Crippen LogP contribution in [0.2, 0.25) is 5.02 Å². The molecule has 1 aliphatic carbocycles. The molecule has 120 valence electrons. The van der Waals surface area contributed by atoms with Crippen molar-refractivity contribution in [2.24, 2.45) is 0 Å². The van der Waals surface area contributed by atoms with Crippen molar-refractivity contribution in [2.45, 2.75) is 25.3 Å². The molecule has 0 saturated heterocycles. The predicted molar refractivity (Wildman–Crippen MR) is 91.6 cm³/mol. The van der Waals surface area contributed by atoms with Gasteiger partial charge in [0.15, 0.2) is 6.61 Å². The molecule has 1 atom stereocenters. The highest BCUT2D eigenvalue weighted by Crippen LogP contribution is 2.30. The summed E-state index contributed by atoms with van der Waals surface area (Å²) in [5.74, 6) is 0.448. The van der Waals surface area contributed by atoms with Crippen LogP contribution in [0.25, 0.3) is 0 Å². The summed E-state index contributed by atoms with van der Waals surface area (Å²) in [7, 11) is 0. The van der Waals surface area contributed by atoms with Gasteiger partial charge in [-0.2, -0.15) is 0 Å². The molecule has 0 aliphatic heterocycles. The zero-order valence-electron chi connectivity index (χ0n) is 12.7. The summed E-state index contributed by atoms with van der Waals surface area (Å²) < 4.78 is 5.48. The molecular weight excluding hydrogens is 312 g/mol. The number of rotatable bonds is 4. The van der Waals surface area contributed by atoms with Crippen molar-refractivity contribution in [3.63, 3.8) is 0 Å². The molecule has 1 amide bonds. The van der Waals surface area contributed by atoms with Gasteiger partial charge >= 0.3 is 0 Å². The fourth-order valence-corrected chi connectivity index (χ4v) is 3.11. The minimum absolute atomic E-state index is 0.0230. The number of nitrogens with two attached hydrogens (primary N) is 1. The summed E-state index contributed by atoms with van der Waals surface area (Å²) in [6.45, 7) is -0.0266. The zero-order chi connectivity index (χ0) is 16.2. The van der Waals surface area contributed by atoms with Crippen LogP contribution in [0.4, 0.5) is 5.69 Å². The van der Waals surface area contributed by atoms with E-state index in [1.807, 2.05) is 18.2 Å². The maximum absolute atomic E-state index is 12.2. The lowest BCUT2D eigenvalue weighted by atomic mass is 9.87. The number of hydrogen-bond acceptors (Lipinski definition) is 3. The van der Waals surface area contributed by atoms with E-state index in [1.165, 1.54) is 5.56 Å². The Morgan fingerprint density at radius 2 is 2.17 bits per heavy atom. The average molecular weight is 331 g/mol. The third-order valence-corrected chi connectivity index (χ3v) is 4.22. The first kappa shape index (κ1) is 15.7. The van der Waals surface area contributed by atoms with Gasteiger partial charge in [0.25, 0.3) is 5.91 Å². The van der Waals surface area contributed by atoms with Gasteiger partial charge < -0.3 is 15.8 Å². The maximum Gasteiger partial charge on any atom is 0.258 e. The molecule has 1 unspecified atom stereocenters. The van der Waals surface area contributed by atoms with Crippen LogP contribution in [-0.2, 0) is 11.2 Å². The molecule has 2 aromatic rings. The Kier molecular flexibility index (Phi) is 4.72. The molecule has 0 radical (unpaired) electrons. The summed E-state index contributed by atoms with van der Waals surface area (Å²) in [5.41, 5.74) is 8.97. The van der Waals surface area contributed by atoms with E-state index in [0.29, 0.717) is 10.8 Å². The number of halogens is 1. The van der Waals surface area contributed by atoms with Gasteiger partial charge in [0.2, 0.25) is 0 Å². The van der Waals surface area contributed by atoms with E-state index in [-0.39, 0.29) is 18.6 Å². The maximum atomic E-state index is 12.2. The number of nitrogens with one attached hydrogen (secondary N) is 1. The Morgan fingerprint density at radius 3 is 3.00 bits per heavy atom. The Morgan fingerprint density at radius 1 is 1.30 bits per heavy atom. The quantitative estimate of drug-likeness (QED) is 0.843. The van der Waals surface area contributed by atoms with Crippen LogP contribution in [0.1, 0.15) is 30.0 Å². The van der Waals surface area contributed by atoms with Crippen molar-refractivity contribution in [1.82, 2.24) is 5.32 Å². The van der Waals surface area contributed by atoms with Crippen LogP contribution < -0.4 is 15.8 Å². The van der Waals surface area contributed by atoms with E-state index in [4.69, 9.17) is 22.1 Å². The lowest BCUT2D eigenvalue weighted by Gasteiger charge is -2.26. The van der Waals surface area contributed by atoms with Gasteiger partial charge in [-0.1, -0.05) is 23.7 Å². The second kappa shape index (κ2) is 6.92. The third kappa shape index (κ3) is 3.96. The van der Waals surface area contributed by atoms with Gasteiger partial charge in [-0.05, 0) is 60.7 Å². The van der Waals surface area contributed by atoms with Crippen molar-refractivity contribution in [2.75, 3.05) is 12.3 Å². The molecule has 0 heterocycles.